The first kappa shape index (κ1) is 27.9. The Kier molecular flexibility index (Phi) is 8.08. The Morgan fingerprint density at radius 2 is 1.81 bits per heavy atom. The van der Waals surface area contributed by atoms with E-state index >= 15 is 0 Å². The quantitative estimate of drug-likeness (QED) is 0.373. The number of hydrogen-bond acceptors (Lipinski definition) is 8. The van der Waals surface area contributed by atoms with Crippen molar-refractivity contribution in [2.24, 2.45) is 5.92 Å². The van der Waals surface area contributed by atoms with Gasteiger partial charge < -0.3 is 15.5 Å². The number of nitrogens with one attached hydrogen (secondary N) is 3. The Morgan fingerprint density at radius 3 is 2.35 bits per heavy atom. The van der Waals surface area contributed by atoms with E-state index < -0.39 is 54.2 Å². The minimum atomic E-state index is -4.61. The van der Waals surface area contributed by atoms with E-state index in [4.69, 9.17) is 5.41 Å². The van der Waals surface area contributed by atoms with Crippen LogP contribution in [0.2, 0.25) is 0 Å². The predicted molar refractivity (Wildman–Crippen MR) is 126 cm³/mol. The number of hydrogen-bond donors (Lipinski definition) is 3. The third-order valence-corrected chi connectivity index (χ3v) is 5.78. The fraction of sp³-hybridized carbons (Fsp3) is 0.478. The highest BCUT2D eigenvalue weighted by atomic mass is 19.4. The van der Waals surface area contributed by atoms with Gasteiger partial charge in [0.05, 0.1) is 23.7 Å². The van der Waals surface area contributed by atoms with Crippen LogP contribution in [0.4, 0.5) is 27.9 Å². The van der Waals surface area contributed by atoms with E-state index in [9.17, 15) is 26.7 Å². The van der Waals surface area contributed by atoms with Gasteiger partial charge in [0.2, 0.25) is 5.95 Å². The van der Waals surface area contributed by atoms with Crippen LogP contribution in [0.25, 0.3) is 5.57 Å². The molecule has 2 atom stereocenters. The van der Waals surface area contributed by atoms with Crippen LogP contribution in [-0.2, 0) is 11.0 Å². The lowest BCUT2D eigenvalue weighted by Crippen LogP contribution is -2.59. The largest absolute Gasteiger partial charge is 0.419 e. The van der Waals surface area contributed by atoms with Crippen molar-refractivity contribution in [3.63, 3.8) is 0 Å². The van der Waals surface area contributed by atoms with Gasteiger partial charge in [-0.3, -0.25) is 10.2 Å². The van der Waals surface area contributed by atoms with Gasteiger partial charge in [0.1, 0.15) is 5.71 Å². The first-order valence-corrected chi connectivity index (χ1v) is 11.3. The molecular formula is C23H27F5N8O. The molecule has 37 heavy (non-hydrogen) atoms. The Morgan fingerprint density at radius 1 is 1.22 bits per heavy atom. The maximum Gasteiger partial charge on any atom is 0.419 e. The maximum absolute atomic E-state index is 14.5. The van der Waals surface area contributed by atoms with E-state index in [0.717, 1.165) is 4.90 Å². The monoisotopic (exact) mass is 526 g/mol. The fourth-order valence-corrected chi connectivity index (χ4v) is 4.14. The van der Waals surface area contributed by atoms with Gasteiger partial charge in [0, 0.05) is 50.0 Å². The highest BCUT2D eigenvalue weighted by Crippen LogP contribution is 2.35. The summed E-state index contributed by atoms with van der Waals surface area (Å²) < 4.78 is 67.4. The smallest absolute Gasteiger partial charge is 0.393 e. The SMILES string of the molecule is CN/C=C(\C(=N)C(=O)N1CC(F)(F)CC(C)C1CNc1ncc(C(F)(F)F)cn1)c1nc(C)cc(C)n1. The Labute approximate surface area is 210 Å². The molecule has 0 aliphatic carbocycles. The Balaban J connectivity index is 1.86. The Bertz CT molecular complexity index is 1160. The number of amides is 1. The molecule has 1 aliphatic rings. The predicted octanol–water partition coefficient (Wildman–Crippen LogP) is 3.47. The number of piperidine rings is 1. The van der Waals surface area contributed by atoms with Gasteiger partial charge in [-0.2, -0.15) is 13.2 Å². The second kappa shape index (κ2) is 10.7. The fourth-order valence-electron chi connectivity index (χ4n) is 4.14. The van der Waals surface area contributed by atoms with Crippen LogP contribution in [0.5, 0.6) is 0 Å². The number of aryl methyl sites for hydroxylation is 2. The van der Waals surface area contributed by atoms with Gasteiger partial charge in [-0.05, 0) is 25.8 Å². The van der Waals surface area contributed by atoms with E-state index in [1.54, 1.807) is 27.0 Å². The van der Waals surface area contributed by atoms with E-state index in [1.807, 2.05) is 0 Å². The van der Waals surface area contributed by atoms with Crippen molar-refractivity contribution in [1.29, 1.82) is 5.41 Å². The van der Waals surface area contributed by atoms with Gasteiger partial charge >= 0.3 is 6.18 Å². The van der Waals surface area contributed by atoms with Crippen LogP contribution in [0.15, 0.2) is 24.7 Å². The average molecular weight is 527 g/mol. The molecule has 1 fully saturated rings. The molecule has 3 N–H and O–H groups in total. The Hall–Kier alpha value is -3.71. The lowest BCUT2D eigenvalue weighted by Gasteiger charge is -2.43. The zero-order valence-corrected chi connectivity index (χ0v) is 20.6. The van der Waals surface area contributed by atoms with Crippen molar-refractivity contribution < 1.29 is 26.7 Å². The number of halogens is 5. The van der Waals surface area contributed by atoms with Crippen LogP contribution in [-0.4, -0.2) is 68.6 Å². The number of carbonyl (C=O) groups excluding carboxylic acids is 1. The highest BCUT2D eigenvalue weighted by molar-refractivity contribution is 6.54. The first-order chi connectivity index (χ1) is 17.2. The van der Waals surface area contributed by atoms with Gasteiger partial charge in [0.25, 0.3) is 11.8 Å². The van der Waals surface area contributed by atoms with Crippen molar-refractivity contribution in [2.45, 2.75) is 45.3 Å². The number of anilines is 1. The molecule has 0 spiro atoms. The average Bonchev–Trinajstić information content (AvgIpc) is 2.79. The van der Waals surface area contributed by atoms with Crippen LogP contribution in [0.1, 0.15) is 36.1 Å². The molecule has 2 unspecified atom stereocenters. The molecule has 9 nitrogen and oxygen atoms in total. The van der Waals surface area contributed by atoms with Gasteiger partial charge in [-0.25, -0.2) is 28.7 Å². The van der Waals surface area contributed by atoms with Gasteiger partial charge in [-0.1, -0.05) is 6.92 Å². The number of nitrogens with zero attached hydrogens (tertiary/aromatic N) is 5. The second-order valence-corrected chi connectivity index (χ2v) is 8.91. The van der Waals surface area contributed by atoms with Crippen molar-refractivity contribution >= 4 is 23.1 Å². The molecule has 3 rings (SSSR count). The molecule has 0 bridgehead atoms. The summed E-state index contributed by atoms with van der Waals surface area (Å²) in [4.78, 5) is 30.1. The summed E-state index contributed by atoms with van der Waals surface area (Å²) in [5, 5.41) is 14.0. The van der Waals surface area contributed by atoms with Crippen molar-refractivity contribution in [1.82, 2.24) is 30.2 Å². The number of alkyl halides is 5. The summed E-state index contributed by atoms with van der Waals surface area (Å²) in [5.41, 5.74) is -0.395. The van der Waals surface area contributed by atoms with Crippen LogP contribution in [0, 0.1) is 25.2 Å². The van der Waals surface area contributed by atoms with Crippen molar-refractivity contribution in [3.8, 4) is 0 Å². The standard InChI is InChI=1S/C23H27F5N8O/c1-12-6-22(24,25)11-36(17(12)10-33-21-31-7-15(8-32-21)23(26,27)28)20(37)18(29)16(9-30-4)19-34-13(2)5-14(3)35-19/h5,7-9,12,17,29-30H,6,10-11H2,1-4H3,(H,31,32,33)/b16-9+,29-18?. The molecule has 0 aromatic carbocycles. The minimum absolute atomic E-state index is 0.0265. The molecule has 0 saturated carbocycles. The van der Waals surface area contributed by atoms with E-state index in [1.165, 1.54) is 13.1 Å². The van der Waals surface area contributed by atoms with E-state index in [2.05, 4.69) is 30.6 Å². The summed E-state index contributed by atoms with van der Waals surface area (Å²) >= 11 is 0. The van der Waals surface area contributed by atoms with Crippen molar-refractivity contribution in [3.05, 3.63) is 47.4 Å². The molecule has 2 aromatic rings. The molecule has 1 aliphatic heterocycles. The van der Waals surface area contributed by atoms with E-state index in [-0.39, 0.29) is 23.9 Å². The van der Waals surface area contributed by atoms with Crippen molar-refractivity contribution in [2.75, 3.05) is 25.5 Å². The summed E-state index contributed by atoms with van der Waals surface area (Å²) in [6.45, 7) is 3.93. The third kappa shape index (κ3) is 6.74. The molecule has 3 heterocycles. The number of likely N-dealkylation sites (tertiary alicyclic amines) is 1. The van der Waals surface area contributed by atoms with Crippen LogP contribution in [0.3, 0.4) is 0 Å². The summed E-state index contributed by atoms with van der Waals surface area (Å²) in [5.74, 6) is -4.93. The lowest BCUT2D eigenvalue weighted by atomic mass is 9.87. The lowest BCUT2D eigenvalue weighted by molar-refractivity contribution is -0.145. The molecule has 1 amide bonds. The van der Waals surface area contributed by atoms with Crippen LogP contribution < -0.4 is 10.6 Å². The molecule has 2 aromatic heterocycles. The normalized spacial score (nSPS) is 19.9. The van der Waals surface area contributed by atoms with E-state index in [0.29, 0.717) is 23.8 Å². The summed E-state index contributed by atoms with van der Waals surface area (Å²) in [6.07, 6.45) is -2.56. The number of carbonyl (C=O) groups is 1. The molecule has 0 radical (unpaired) electrons. The van der Waals surface area contributed by atoms with Gasteiger partial charge in [0.15, 0.2) is 5.82 Å². The third-order valence-electron chi connectivity index (χ3n) is 5.78. The zero-order chi connectivity index (χ0) is 27.5. The minimum Gasteiger partial charge on any atom is -0.393 e. The zero-order valence-electron chi connectivity index (χ0n) is 20.6. The van der Waals surface area contributed by atoms with Crippen LogP contribution >= 0.6 is 0 Å². The summed E-state index contributed by atoms with van der Waals surface area (Å²) in [7, 11) is 1.55. The first-order valence-electron chi connectivity index (χ1n) is 11.3. The number of rotatable bonds is 7. The maximum atomic E-state index is 14.5. The molecule has 200 valence electrons. The topological polar surface area (TPSA) is 120 Å². The highest BCUT2D eigenvalue weighted by Gasteiger charge is 2.47. The molecular weight excluding hydrogens is 499 g/mol. The molecule has 14 heteroatoms. The summed E-state index contributed by atoms with van der Waals surface area (Å²) in [6, 6.07) is 0.887. The second-order valence-electron chi connectivity index (χ2n) is 8.91. The van der Waals surface area contributed by atoms with Gasteiger partial charge in [-0.15, -0.1) is 0 Å². The number of aromatic nitrogens is 4. The molecule has 1 saturated heterocycles.